The van der Waals surface area contributed by atoms with Crippen LogP contribution in [0.2, 0.25) is 5.82 Å². The second-order valence-electron chi connectivity index (χ2n) is 23.4. The molecule has 1 fully saturated rings. The maximum absolute atomic E-state index is 2.80. The zero-order valence-electron chi connectivity index (χ0n) is 43.1. The Bertz CT molecular complexity index is 3030. The van der Waals surface area contributed by atoms with E-state index in [1.54, 1.807) is 0 Å². The molecule has 6 atom stereocenters. The summed E-state index contributed by atoms with van der Waals surface area (Å²) in [6, 6.07) is 48.7. The summed E-state index contributed by atoms with van der Waals surface area (Å²) in [4.78, 5) is 8.07. The molecule has 70 heavy (non-hydrogen) atoms. The third-order valence-electron chi connectivity index (χ3n) is 16.2. The first-order chi connectivity index (χ1) is 33.6. The van der Waals surface area contributed by atoms with Crippen molar-refractivity contribution in [2.75, 3.05) is 14.7 Å². The Balaban J connectivity index is 1.23. The molecule has 0 aromatic heterocycles. The molecule has 6 unspecified atom stereocenters. The topological polar surface area (TPSA) is 9.72 Å². The van der Waals surface area contributed by atoms with E-state index >= 15 is 0 Å². The smallest absolute Gasteiger partial charge is 0.226 e. The molecule has 3 nitrogen and oxygen atoms in total. The van der Waals surface area contributed by atoms with E-state index in [1.807, 2.05) is 0 Å². The SMILES string of the molecule is CC1C=C(c2ccccc2N2C3=CC(C)CC=C3B3c4ccccc4N(C4=CC=CC(C)C4c4ccccc4)C4=CC(N(c5ccc(C(C)(C)C)cc5)c5ccc(C(C)(C)C)cc5)=CC2(C)C34)C=CC1. The molecule has 4 aliphatic carbocycles. The van der Waals surface area contributed by atoms with Gasteiger partial charge in [-0.15, -0.1) is 0 Å². The molecule has 5 aromatic rings. The van der Waals surface area contributed by atoms with Crippen molar-refractivity contribution in [3.8, 4) is 0 Å². The van der Waals surface area contributed by atoms with Gasteiger partial charge in [-0.25, -0.2) is 0 Å². The summed E-state index contributed by atoms with van der Waals surface area (Å²) < 4.78 is 0. The van der Waals surface area contributed by atoms with E-state index in [1.165, 1.54) is 72.9 Å². The van der Waals surface area contributed by atoms with Gasteiger partial charge in [-0.05, 0) is 131 Å². The zero-order chi connectivity index (χ0) is 48.7. The standard InChI is InChI=1S/C66H70BN3/c1-44-20-18-24-48(40-44)54-25-14-16-27-57(54)70-60-41-45(2)30-39-56(60)67-55-26-15-17-28-58(55)69(59-29-19-21-46(3)62(59)47-22-12-11-13-23-47)61-42-53(43-66(70,10)63(61)67)68(51-35-31-49(32-36-51)64(4,5)6)52-37-33-50(34-38-52)65(7,8)9/h11-19,21-29,31-46,62-63H,20,30H2,1-10H3. The maximum atomic E-state index is 2.80. The Morgan fingerprint density at radius 3 is 1.93 bits per heavy atom. The number of hydrogen-bond donors (Lipinski definition) is 0. The quantitative estimate of drug-likeness (QED) is 0.151. The first-order valence-corrected chi connectivity index (χ1v) is 26.1. The summed E-state index contributed by atoms with van der Waals surface area (Å²) in [5.74, 6) is 1.37. The predicted octanol–water partition coefficient (Wildman–Crippen LogP) is 16.3. The number of hydrogen-bond acceptors (Lipinski definition) is 3. The predicted molar refractivity (Wildman–Crippen MR) is 300 cm³/mol. The minimum atomic E-state index is -0.551. The molecule has 4 heteroatoms. The largest absolute Gasteiger partial charge is 0.332 e. The van der Waals surface area contributed by atoms with Gasteiger partial charge in [-0.2, -0.15) is 0 Å². The number of para-hydroxylation sites is 2. The minimum absolute atomic E-state index is 0.0247. The number of anilines is 4. The van der Waals surface area contributed by atoms with Crippen molar-refractivity contribution in [3.05, 3.63) is 239 Å². The van der Waals surface area contributed by atoms with Gasteiger partial charge in [0.15, 0.2) is 0 Å². The highest BCUT2D eigenvalue weighted by atomic mass is 15.3. The van der Waals surface area contributed by atoms with E-state index in [2.05, 4.69) is 272 Å². The second-order valence-corrected chi connectivity index (χ2v) is 23.4. The fourth-order valence-corrected chi connectivity index (χ4v) is 12.7. The lowest BCUT2D eigenvalue weighted by Crippen LogP contribution is -2.66. The molecule has 0 N–H and O–H groups in total. The molecule has 0 saturated carbocycles. The van der Waals surface area contributed by atoms with Crippen LogP contribution < -0.4 is 20.2 Å². The van der Waals surface area contributed by atoms with Crippen molar-refractivity contribution < 1.29 is 0 Å². The summed E-state index contributed by atoms with van der Waals surface area (Å²) in [5, 5.41) is 0. The lowest BCUT2D eigenvalue weighted by atomic mass is 9.25. The molecular formula is C66H70BN3. The van der Waals surface area contributed by atoms with Crippen molar-refractivity contribution >= 4 is 40.5 Å². The Kier molecular flexibility index (Phi) is 11.4. The van der Waals surface area contributed by atoms with Crippen LogP contribution in [0.4, 0.5) is 22.7 Å². The Morgan fingerprint density at radius 2 is 1.27 bits per heavy atom. The van der Waals surface area contributed by atoms with Gasteiger partial charge < -0.3 is 14.7 Å². The molecule has 2 aliphatic heterocycles. The van der Waals surface area contributed by atoms with Crippen LogP contribution in [0.25, 0.3) is 5.57 Å². The van der Waals surface area contributed by atoms with Crippen LogP contribution in [-0.2, 0) is 10.8 Å². The summed E-state index contributed by atoms with van der Waals surface area (Å²) in [6.45, 7) is 23.7. The number of nitrogens with zero attached hydrogens (tertiary/aromatic N) is 3. The summed E-state index contributed by atoms with van der Waals surface area (Å²) in [7, 11) is 0. The highest BCUT2D eigenvalue weighted by Crippen LogP contribution is 2.60. The van der Waals surface area contributed by atoms with Gasteiger partial charge in [0, 0.05) is 62.8 Å². The van der Waals surface area contributed by atoms with Crippen molar-refractivity contribution in [1.29, 1.82) is 0 Å². The summed E-state index contributed by atoms with van der Waals surface area (Å²) in [6.07, 6.45) is 26.9. The maximum Gasteiger partial charge on any atom is 0.226 e. The van der Waals surface area contributed by atoms with Crippen molar-refractivity contribution in [2.24, 2.45) is 17.8 Å². The van der Waals surface area contributed by atoms with Crippen LogP contribution in [0.15, 0.2) is 216 Å². The molecule has 0 radical (unpaired) electrons. The van der Waals surface area contributed by atoms with Crippen LogP contribution in [0.3, 0.4) is 0 Å². The van der Waals surface area contributed by atoms with Crippen LogP contribution in [0, 0.1) is 17.8 Å². The Morgan fingerprint density at radius 1 is 0.657 bits per heavy atom. The van der Waals surface area contributed by atoms with E-state index in [9.17, 15) is 0 Å². The third-order valence-corrected chi connectivity index (χ3v) is 16.2. The first kappa shape index (κ1) is 45.9. The van der Waals surface area contributed by atoms with Gasteiger partial charge in [0.1, 0.15) is 0 Å². The van der Waals surface area contributed by atoms with E-state index in [-0.39, 0.29) is 29.3 Å². The third kappa shape index (κ3) is 7.83. The van der Waals surface area contributed by atoms with Gasteiger partial charge in [0.2, 0.25) is 6.71 Å². The van der Waals surface area contributed by atoms with Crippen molar-refractivity contribution in [1.82, 2.24) is 0 Å². The van der Waals surface area contributed by atoms with Crippen LogP contribution in [0.5, 0.6) is 0 Å². The van der Waals surface area contributed by atoms with E-state index < -0.39 is 5.54 Å². The van der Waals surface area contributed by atoms with Crippen LogP contribution >= 0.6 is 0 Å². The Hall–Kier alpha value is -6.52. The molecule has 2 heterocycles. The molecule has 0 amide bonds. The van der Waals surface area contributed by atoms with Crippen molar-refractivity contribution in [2.45, 2.75) is 110 Å². The fourth-order valence-electron chi connectivity index (χ4n) is 12.7. The summed E-state index contributed by atoms with van der Waals surface area (Å²) in [5.41, 5.74) is 19.0. The zero-order valence-corrected chi connectivity index (χ0v) is 43.1. The van der Waals surface area contributed by atoms with E-state index in [4.69, 9.17) is 0 Å². The molecule has 6 aliphatic rings. The average Bonchev–Trinajstić information content (AvgIpc) is 3.34. The average molecular weight is 916 g/mol. The second kappa shape index (κ2) is 17.4. The lowest BCUT2D eigenvalue weighted by molar-refractivity contribution is 0.499. The normalized spacial score (nSPS) is 24.8. The molecule has 0 bridgehead atoms. The van der Waals surface area contributed by atoms with Crippen molar-refractivity contribution in [3.63, 3.8) is 0 Å². The van der Waals surface area contributed by atoms with Gasteiger partial charge in [-0.1, -0.05) is 201 Å². The van der Waals surface area contributed by atoms with Gasteiger partial charge in [0.25, 0.3) is 0 Å². The number of allylic oxidation sites excluding steroid dienone is 12. The molecule has 0 spiro atoms. The number of benzene rings is 5. The van der Waals surface area contributed by atoms with Crippen LogP contribution in [0.1, 0.15) is 110 Å². The van der Waals surface area contributed by atoms with Crippen LogP contribution in [-0.4, -0.2) is 12.3 Å². The fraction of sp³-hybridized carbons (Fsp3) is 0.303. The first-order valence-electron chi connectivity index (χ1n) is 26.1. The van der Waals surface area contributed by atoms with Gasteiger partial charge in [-0.3, -0.25) is 0 Å². The van der Waals surface area contributed by atoms with E-state index in [0.717, 1.165) is 24.2 Å². The molecule has 352 valence electrons. The summed E-state index contributed by atoms with van der Waals surface area (Å²) >= 11 is 0. The lowest BCUT2D eigenvalue weighted by Gasteiger charge is -2.61. The molecular weight excluding hydrogens is 846 g/mol. The number of rotatable bonds is 7. The molecule has 11 rings (SSSR count). The Labute approximate surface area is 419 Å². The molecule has 5 aromatic carbocycles. The monoisotopic (exact) mass is 916 g/mol. The highest BCUT2D eigenvalue weighted by molar-refractivity contribution is 6.85. The molecule has 1 saturated heterocycles. The highest BCUT2D eigenvalue weighted by Gasteiger charge is 2.60. The number of fused-ring (bicyclic) bond motifs is 4. The van der Waals surface area contributed by atoms with E-state index in [0.29, 0.717) is 17.8 Å². The minimum Gasteiger partial charge on any atom is -0.332 e. The van der Waals surface area contributed by atoms with Gasteiger partial charge in [0.05, 0.1) is 5.54 Å². The van der Waals surface area contributed by atoms with Gasteiger partial charge >= 0.3 is 0 Å².